The second kappa shape index (κ2) is 13.8. The van der Waals surface area contributed by atoms with E-state index in [4.69, 9.17) is 20.5 Å². The van der Waals surface area contributed by atoms with E-state index in [1.165, 1.54) is 22.3 Å². The summed E-state index contributed by atoms with van der Waals surface area (Å²) >= 11 is 0. The predicted octanol–water partition coefficient (Wildman–Crippen LogP) is 12.0. The fraction of sp³-hybridized carbons (Fsp3) is 0.0385. The number of rotatable bonds is 7. The zero-order chi connectivity index (χ0) is 37.5. The lowest BCUT2D eigenvalue weighted by Gasteiger charge is -2.39. The Morgan fingerprint density at radius 1 is 0.482 bits per heavy atom. The van der Waals surface area contributed by atoms with Gasteiger partial charge in [0.15, 0.2) is 6.17 Å². The summed E-state index contributed by atoms with van der Waals surface area (Å²) < 4.78 is 6.72. The number of amidine groups is 1. The average Bonchev–Trinajstić information content (AvgIpc) is 3.56. The molecule has 1 aliphatic carbocycles. The molecule has 1 aliphatic heterocycles. The van der Waals surface area contributed by atoms with Crippen LogP contribution in [-0.2, 0) is 5.41 Å². The number of hydrogen-bond acceptors (Lipinski definition) is 3. The third-order valence-corrected chi connectivity index (χ3v) is 11.1. The van der Waals surface area contributed by atoms with Gasteiger partial charge in [-0.05, 0) is 79.9 Å². The first-order valence-electron chi connectivity index (χ1n) is 19.0. The van der Waals surface area contributed by atoms with E-state index in [0.717, 1.165) is 61.6 Å². The maximum atomic E-state index is 6.72. The molecule has 8 aromatic rings. The summed E-state index contributed by atoms with van der Waals surface area (Å²) in [5, 5.41) is 0. The number of fused-ring (bicyclic) bond motifs is 9. The van der Waals surface area contributed by atoms with Gasteiger partial charge in [0.25, 0.3) is 0 Å². The van der Waals surface area contributed by atoms with Crippen molar-refractivity contribution in [1.82, 2.24) is 0 Å². The largest absolute Gasteiger partial charge is 0.457 e. The molecule has 266 valence electrons. The van der Waals surface area contributed by atoms with Crippen LogP contribution in [0.4, 0.5) is 0 Å². The van der Waals surface area contributed by atoms with Crippen LogP contribution in [0.25, 0.3) is 33.4 Å². The van der Waals surface area contributed by atoms with Crippen LogP contribution in [0, 0.1) is 0 Å². The molecular formula is C52H37N3O. The summed E-state index contributed by atoms with van der Waals surface area (Å²) in [5.41, 5.74) is 20.6. The second-order valence-electron chi connectivity index (χ2n) is 14.3. The van der Waals surface area contributed by atoms with Gasteiger partial charge in [-0.3, -0.25) is 4.99 Å². The van der Waals surface area contributed by atoms with Crippen LogP contribution in [0.15, 0.2) is 210 Å². The summed E-state index contributed by atoms with van der Waals surface area (Å²) in [6, 6.07) is 69.9. The van der Waals surface area contributed by atoms with E-state index in [-0.39, 0.29) is 0 Å². The van der Waals surface area contributed by atoms with Gasteiger partial charge in [0, 0.05) is 22.9 Å². The molecule has 4 nitrogen and oxygen atoms in total. The summed E-state index contributed by atoms with van der Waals surface area (Å²) in [6.07, 6.45) is 1.32. The molecule has 8 aromatic carbocycles. The Morgan fingerprint density at radius 2 is 1.04 bits per heavy atom. The van der Waals surface area contributed by atoms with Crippen molar-refractivity contribution >= 4 is 12.1 Å². The Labute approximate surface area is 327 Å². The normalized spacial score (nSPS) is 14.0. The summed E-state index contributed by atoms with van der Waals surface area (Å²) in [6.45, 7) is 0. The molecular weight excluding hydrogens is 683 g/mol. The third-order valence-electron chi connectivity index (χ3n) is 11.1. The van der Waals surface area contributed by atoms with Gasteiger partial charge in [0.05, 0.1) is 5.41 Å². The molecule has 2 N–H and O–H groups in total. The Bertz CT molecular complexity index is 2760. The fourth-order valence-electron chi connectivity index (χ4n) is 8.58. The lowest BCUT2D eigenvalue weighted by atomic mass is 9.65. The van der Waals surface area contributed by atoms with Crippen LogP contribution in [0.2, 0.25) is 0 Å². The summed E-state index contributed by atoms with van der Waals surface area (Å²) in [5.74, 6) is 2.19. The summed E-state index contributed by atoms with van der Waals surface area (Å²) in [4.78, 5) is 9.96. The van der Waals surface area contributed by atoms with Crippen molar-refractivity contribution in [2.45, 2.75) is 11.6 Å². The molecule has 0 saturated heterocycles. The minimum Gasteiger partial charge on any atom is -0.457 e. The van der Waals surface area contributed by atoms with E-state index in [0.29, 0.717) is 5.84 Å². The number of benzene rings is 8. The standard InChI is InChI=1S/C52H37N3O/c53-50(36-18-5-2-6-19-36)55-51(54-34-35-16-3-1-4-17-35)39-21-15-20-37(32-39)40-22-7-8-23-41(40)38-30-31-49-47(33-38)52(46-28-13-14-29-48(46)56-49)44-26-11-9-24-42(44)43-25-10-12-27-45(43)52/h1-34,51H,(H2,53,55). The first kappa shape index (κ1) is 33.3. The van der Waals surface area contributed by atoms with Crippen molar-refractivity contribution in [3.05, 3.63) is 239 Å². The highest BCUT2D eigenvalue weighted by Crippen LogP contribution is 2.62. The molecule has 4 heteroatoms. The van der Waals surface area contributed by atoms with Crippen LogP contribution < -0.4 is 10.5 Å². The van der Waals surface area contributed by atoms with E-state index in [1.807, 2.05) is 66.9 Å². The number of aliphatic imine (C=N–C) groups is 2. The lowest BCUT2D eigenvalue weighted by molar-refractivity contribution is 0.436. The molecule has 1 heterocycles. The number of para-hydroxylation sites is 1. The zero-order valence-corrected chi connectivity index (χ0v) is 30.6. The van der Waals surface area contributed by atoms with Crippen molar-refractivity contribution < 1.29 is 4.74 Å². The highest BCUT2D eigenvalue weighted by Gasteiger charge is 2.51. The van der Waals surface area contributed by atoms with Gasteiger partial charge in [-0.15, -0.1) is 0 Å². The monoisotopic (exact) mass is 719 g/mol. The molecule has 0 amide bonds. The van der Waals surface area contributed by atoms with Crippen LogP contribution in [0.1, 0.15) is 45.1 Å². The quantitative estimate of drug-likeness (QED) is 0.132. The maximum Gasteiger partial charge on any atom is 0.167 e. The van der Waals surface area contributed by atoms with Crippen molar-refractivity contribution in [1.29, 1.82) is 0 Å². The zero-order valence-electron chi connectivity index (χ0n) is 30.6. The van der Waals surface area contributed by atoms with Gasteiger partial charge in [0.1, 0.15) is 17.3 Å². The Hall–Kier alpha value is -7.30. The van der Waals surface area contributed by atoms with Gasteiger partial charge >= 0.3 is 0 Å². The van der Waals surface area contributed by atoms with E-state index < -0.39 is 11.6 Å². The molecule has 0 radical (unpaired) electrons. The van der Waals surface area contributed by atoms with E-state index in [1.54, 1.807) is 0 Å². The van der Waals surface area contributed by atoms with Gasteiger partial charge in [0.2, 0.25) is 0 Å². The Morgan fingerprint density at radius 3 is 1.73 bits per heavy atom. The topological polar surface area (TPSA) is 60.0 Å². The van der Waals surface area contributed by atoms with Gasteiger partial charge in [-0.25, -0.2) is 4.99 Å². The van der Waals surface area contributed by atoms with Crippen molar-refractivity contribution in [2.75, 3.05) is 0 Å². The number of ether oxygens (including phenoxy) is 1. The number of nitrogens with zero attached hydrogens (tertiary/aromatic N) is 2. The van der Waals surface area contributed by atoms with Crippen LogP contribution in [-0.4, -0.2) is 12.1 Å². The first-order valence-corrected chi connectivity index (χ1v) is 19.0. The minimum atomic E-state index is -0.550. The van der Waals surface area contributed by atoms with Crippen molar-refractivity contribution in [3.63, 3.8) is 0 Å². The average molecular weight is 720 g/mol. The maximum absolute atomic E-state index is 6.72. The highest BCUT2D eigenvalue weighted by atomic mass is 16.5. The molecule has 1 atom stereocenters. The fourth-order valence-corrected chi connectivity index (χ4v) is 8.58. The number of hydrogen-bond donors (Lipinski definition) is 1. The molecule has 2 aliphatic rings. The van der Waals surface area contributed by atoms with Gasteiger partial charge in [-0.1, -0.05) is 176 Å². The molecule has 10 rings (SSSR count). The SMILES string of the molecule is NC(=NC(N=Cc1ccccc1)c1cccc(-c2ccccc2-c2ccc3c(c2)C2(c4ccccc4O3)c3ccccc3-c3ccccc32)c1)c1ccccc1. The van der Waals surface area contributed by atoms with Gasteiger partial charge < -0.3 is 10.5 Å². The molecule has 56 heavy (non-hydrogen) atoms. The predicted molar refractivity (Wildman–Crippen MR) is 229 cm³/mol. The van der Waals surface area contributed by atoms with Crippen LogP contribution >= 0.6 is 0 Å². The summed E-state index contributed by atoms with van der Waals surface area (Å²) in [7, 11) is 0. The Kier molecular flexibility index (Phi) is 8.23. The molecule has 1 spiro atoms. The third kappa shape index (κ3) is 5.54. The molecule has 0 aromatic heterocycles. The van der Waals surface area contributed by atoms with Crippen LogP contribution in [0.3, 0.4) is 0 Å². The van der Waals surface area contributed by atoms with E-state index in [2.05, 4.69) is 140 Å². The molecule has 0 fully saturated rings. The minimum absolute atomic E-state index is 0.438. The highest BCUT2D eigenvalue weighted by molar-refractivity contribution is 5.97. The van der Waals surface area contributed by atoms with E-state index >= 15 is 0 Å². The molecule has 1 unspecified atom stereocenters. The van der Waals surface area contributed by atoms with Crippen molar-refractivity contribution in [2.24, 2.45) is 15.7 Å². The van der Waals surface area contributed by atoms with E-state index in [9.17, 15) is 0 Å². The number of nitrogens with two attached hydrogens (primary N) is 1. The lowest BCUT2D eigenvalue weighted by Crippen LogP contribution is -2.32. The van der Waals surface area contributed by atoms with Crippen molar-refractivity contribution in [3.8, 4) is 44.9 Å². The molecule has 0 bridgehead atoms. The first-order chi connectivity index (χ1) is 27.7. The van der Waals surface area contributed by atoms with Crippen LogP contribution in [0.5, 0.6) is 11.5 Å². The smallest absolute Gasteiger partial charge is 0.167 e. The van der Waals surface area contributed by atoms with Gasteiger partial charge in [-0.2, -0.15) is 0 Å². The molecule has 0 saturated carbocycles. The Balaban J connectivity index is 1.11. The second-order valence-corrected chi connectivity index (χ2v) is 14.3.